The standard InChI is InChI=1S/C24H30N2O7/c1-3-31-20(27)18-16(25-22(29)26-19(18)17-5-4-13(2)33-17)11-32-21(28)23-7-14-6-15(8-23)10-24(30,9-14)12-23/h4-5,14-15,19,30H,3,6-12H2,1-2H3,(H2,25,26,29). The Balaban J connectivity index is 1.40. The zero-order valence-corrected chi connectivity index (χ0v) is 18.9. The number of furan rings is 1. The van der Waals surface area contributed by atoms with Crippen LogP contribution in [0.25, 0.3) is 0 Å². The summed E-state index contributed by atoms with van der Waals surface area (Å²) in [5, 5.41) is 16.3. The lowest BCUT2D eigenvalue weighted by Gasteiger charge is -2.58. The van der Waals surface area contributed by atoms with Crippen LogP contribution < -0.4 is 10.6 Å². The van der Waals surface area contributed by atoms with E-state index in [9.17, 15) is 19.5 Å². The lowest BCUT2D eigenvalue weighted by Crippen LogP contribution is -2.58. The highest BCUT2D eigenvalue weighted by molar-refractivity contribution is 5.95. The summed E-state index contributed by atoms with van der Waals surface area (Å²) >= 11 is 0. The van der Waals surface area contributed by atoms with Gasteiger partial charge in [0.05, 0.1) is 28.9 Å². The molecular formula is C24H30N2O7. The van der Waals surface area contributed by atoms with Gasteiger partial charge in [0.25, 0.3) is 0 Å². The molecule has 4 bridgehead atoms. The number of hydrogen-bond acceptors (Lipinski definition) is 7. The smallest absolute Gasteiger partial charge is 0.338 e. The lowest BCUT2D eigenvalue weighted by atomic mass is 9.48. The molecule has 6 rings (SSSR count). The van der Waals surface area contributed by atoms with E-state index < -0.39 is 29.1 Å². The molecule has 1 aromatic heterocycles. The van der Waals surface area contributed by atoms with Crippen LogP contribution in [0, 0.1) is 24.2 Å². The summed E-state index contributed by atoms with van der Waals surface area (Å²) in [6, 6.07) is 2.03. The van der Waals surface area contributed by atoms with E-state index in [-0.39, 0.29) is 30.5 Å². The van der Waals surface area contributed by atoms with Crippen LogP contribution in [-0.2, 0) is 19.1 Å². The number of carbonyl (C=O) groups excluding carboxylic acids is 3. The van der Waals surface area contributed by atoms with Crippen molar-refractivity contribution >= 4 is 18.0 Å². The van der Waals surface area contributed by atoms with Crippen LogP contribution in [0.1, 0.15) is 63.0 Å². The van der Waals surface area contributed by atoms with Gasteiger partial charge in [0.1, 0.15) is 24.2 Å². The van der Waals surface area contributed by atoms with Gasteiger partial charge in [0.2, 0.25) is 0 Å². The maximum absolute atomic E-state index is 13.3. The van der Waals surface area contributed by atoms with Crippen molar-refractivity contribution in [3.05, 3.63) is 34.9 Å². The van der Waals surface area contributed by atoms with E-state index in [1.165, 1.54) is 0 Å². The van der Waals surface area contributed by atoms with Crippen LogP contribution in [0.3, 0.4) is 0 Å². The van der Waals surface area contributed by atoms with Gasteiger partial charge in [-0.1, -0.05) is 0 Å². The molecule has 2 heterocycles. The highest BCUT2D eigenvalue weighted by atomic mass is 16.5. The van der Waals surface area contributed by atoms with Gasteiger partial charge in [-0.25, -0.2) is 9.59 Å². The Morgan fingerprint density at radius 2 is 1.91 bits per heavy atom. The number of aryl methyl sites for hydroxylation is 1. The van der Waals surface area contributed by atoms with Crippen molar-refractivity contribution in [2.24, 2.45) is 17.3 Å². The third-order valence-corrected chi connectivity index (χ3v) is 7.51. The van der Waals surface area contributed by atoms with Gasteiger partial charge in [0.15, 0.2) is 0 Å². The molecule has 3 unspecified atom stereocenters. The number of carbonyl (C=O) groups is 3. The fourth-order valence-corrected chi connectivity index (χ4v) is 6.75. The quantitative estimate of drug-likeness (QED) is 0.559. The second-order valence-electron chi connectivity index (χ2n) is 10.1. The average Bonchev–Trinajstić information content (AvgIpc) is 3.16. The van der Waals surface area contributed by atoms with Crippen LogP contribution >= 0.6 is 0 Å². The summed E-state index contributed by atoms with van der Waals surface area (Å²) in [6.45, 7) is 3.34. The minimum absolute atomic E-state index is 0.141. The average molecular weight is 459 g/mol. The van der Waals surface area contributed by atoms with E-state index in [1.807, 2.05) is 0 Å². The van der Waals surface area contributed by atoms with Crippen LogP contribution in [0.15, 0.2) is 27.8 Å². The molecule has 2 amide bonds. The minimum Gasteiger partial charge on any atom is -0.464 e. The molecule has 178 valence electrons. The number of esters is 2. The molecule has 1 aliphatic heterocycles. The van der Waals surface area contributed by atoms with Gasteiger partial charge in [-0.2, -0.15) is 0 Å². The molecule has 33 heavy (non-hydrogen) atoms. The van der Waals surface area contributed by atoms with Crippen molar-refractivity contribution in [2.45, 2.75) is 64.0 Å². The minimum atomic E-state index is -0.861. The molecule has 0 saturated heterocycles. The Kier molecular flexibility index (Phi) is 5.27. The molecule has 5 aliphatic rings. The van der Waals surface area contributed by atoms with Crippen LogP contribution in [0.2, 0.25) is 0 Å². The summed E-state index contributed by atoms with van der Waals surface area (Å²) in [5.41, 5.74) is -1.17. The highest BCUT2D eigenvalue weighted by Crippen LogP contribution is 2.62. The first kappa shape index (κ1) is 22.0. The van der Waals surface area contributed by atoms with Gasteiger partial charge < -0.3 is 29.6 Å². The molecule has 3 atom stereocenters. The molecular weight excluding hydrogens is 428 g/mol. The van der Waals surface area contributed by atoms with Gasteiger partial charge in [-0.05, 0) is 76.3 Å². The van der Waals surface area contributed by atoms with Crippen molar-refractivity contribution < 1.29 is 33.4 Å². The Hall–Kier alpha value is -2.81. The topological polar surface area (TPSA) is 127 Å². The third-order valence-electron chi connectivity index (χ3n) is 7.51. The van der Waals surface area contributed by atoms with Gasteiger partial charge in [-0.3, -0.25) is 4.79 Å². The first-order valence-electron chi connectivity index (χ1n) is 11.6. The second kappa shape index (κ2) is 7.90. The van der Waals surface area contributed by atoms with Crippen molar-refractivity contribution in [3.63, 3.8) is 0 Å². The van der Waals surface area contributed by atoms with E-state index in [0.29, 0.717) is 29.8 Å². The fraction of sp³-hybridized carbons (Fsp3) is 0.625. The predicted octanol–water partition coefficient (Wildman–Crippen LogP) is 2.63. The summed E-state index contributed by atoms with van der Waals surface area (Å²) in [7, 11) is 0. The molecule has 0 radical (unpaired) electrons. The van der Waals surface area contributed by atoms with Crippen LogP contribution in [0.5, 0.6) is 0 Å². The van der Waals surface area contributed by atoms with Crippen LogP contribution in [-0.4, -0.2) is 41.9 Å². The maximum Gasteiger partial charge on any atom is 0.338 e. The van der Waals surface area contributed by atoms with E-state index in [4.69, 9.17) is 13.9 Å². The van der Waals surface area contributed by atoms with E-state index in [0.717, 1.165) is 32.1 Å². The number of hydrogen-bond donors (Lipinski definition) is 3. The summed E-state index contributed by atoms with van der Waals surface area (Å²) in [4.78, 5) is 38.5. The Labute approximate surface area is 191 Å². The molecule has 4 aliphatic carbocycles. The zero-order chi connectivity index (χ0) is 23.4. The van der Waals surface area contributed by atoms with Gasteiger partial charge >= 0.3 is 18.0 Å². The van der Waals surface area contributed by atoms with Gasteiger partial charge in [-0.15, -0.1) is 0 Å². The Bertz CT molecular complexity index is 1010. The molecule has 9 nitrogen and oxygen atoms in total. The number of urea groups is 1. The molecule has 0 aromatic carbocycles. The zero-order valence-electron chi connectivity index (χ0n) is 18.9. The Morgan fingerprint density at radius 1 is 1.18 bits per heavy atom. The number of amides is 2. The van der Waals surface area contributed by atoms with E-state index in [2.05, 4.69) is 10.6 Å². The number of rotatable bonds is 6. The van der Waals surface area contributed by atoms with Crippen molar-refractivity contribution in [2.75, 3.05) is 13.2 Å². The monoisotopic (exact) mass is 458 g/mol. The third kappa shape index (κ3) is 3.92. The first-order chi connectivity index (χ1) is 15.7. The predicted molar refractivity (Wildman–Crippen MR) is 115 cm³/mol. The number of aliphatic hydroxyl groups is 1. The van der Waals surface area contributed by atoms with Crippen molar-refractivity contribution in [1.82, 2.24) is 10.6 Å². The molecule has 0 spiro atoms. The summed E-state index contributed by atoms with van der Waals surface area (Å²) in [6.07, 6.45) is 4.41. The SMILES string of the molecule is CCOC(=O)C1=C(COC(=O)C23CC4CC(CC(O)(C4)C2)C3)NC(=O)NC1c1ccc(C)o1. The largest absolute Gasteiger partial charge is 0.464 e. The first-order valence-corrected chi connectivity index (χ1v) is 11.6. The van der Waals surface area contributed by atoms with Crippen LogP contribution in [0.4, 0.5) is 4.79 Å². The normalized spacial score (nSPS) is 34.6. The van der Waals surface area contributed by atoms with Gasteiger partial charge in [0, 0.05) is 0 Å². The second-order valence-corrected chi connectivity index (χ2v) is 10.1. The summed E-state index contributed by atoms with van der Waals surface area (Å²) in [5.74, 6) is 0.695. The molecule has 9 heteroatoms. The lowest BCUT2D eigenvalue weighted by molar-refractivity contribution is -0.195. The van der Waals surface area contributed by atoms with E-state index in [1.54, 1.807) is 26.0 Å². The molecule has 3 N–H and O–H groups in total. The number of nitrogens with one attached hydrogen (secondary N) is 2. The van der Waals surface area contributed by atoms with Crippen molar-refractivity contribution in [1.29, 1.82) is 0 Å². The molecule has 4 fully saturated rings. The molecule has 1 aromatic rings. The number of ether oxygens (including phenoxy) is 2. The fourth-order valence-electron chi connectivity index (χ4n) is 6.75. The summed E-state index contributed by atoms with van der Waals surface area (Å²) < 4.78 is 16.6. The highest BCUT2D eigenvalue weighted by Gasteiger charge is 2.61. The van der Waals surface area contributed by atoms with Crippen molar-refractivity contribution in [3.8, 4) is 0 Å². The van der Waals surface area contributed by atoms with E-state index >= 15 is 0 Å². The Morgan fingerprint density at radius 3 is 2.52 bits per heavy atom. The molecule has 4 saturated carbocycles. The maximum atomic E-state index is 13.3.